The zero-order chi connectivity index (χ0) is 14.5. The van der Waals surface area contributed by atoms with E-state index in [1.807, 2.05) is 11.6 Å². The van der Waals surface area contributed by atoms with Crippen molar-refractivity contribution < 1.29 is 9.84 Å². The molecule has 0 radical (unpaired) electrons. The molecule has 2 heterocycles. The fraction of sp³-hybridized carbons (Fsp3) is 0.800. The fourth-order valence-corrected chi connectivity index (χ4v) is 4.24. The lowest BCUT2D eigenvalue weighted by atomic mass is 9.98. The first-order valence-electron chi connectivity index (χ1n) is 7.92. The van der Waals surface area contributed by atoms with Crippen LogP contribution in [-0.4, -0.2) is 60.5 Å². The highest BCUT2D eigenvalue weighted by Crippen LogP contribution is 2.39. The number of ether oxygens (including phenoxy) is 1. The van der Waals surface area contributed by atoms with Gasteiger partial charge in [-0.3, -0.25) is 4.90 Å². The van der Waals surface area contributed by atoms with E-state index in [0.29, 0.717) is 6.54 Å². The largest absolute Gasteiger partial charge is 0.390 e. The number of rotatable bonds is 6. The van der Waals surface area contributed by atoms with Gasteiger partial charge in [-0.1, -0.05) is 12.8 Å². The van der Waals surface area contributed by atoms with E-state index in [2.05, 4.69) is 15.2 Å². The number of morpholine rings is 1. The molecule has 21 heavy (non-hydrogen) atoms. The van der Waals surface area contributed by atoms with Gasteiger partial charge in [0.25, 0.3) is 0 Å². The number of thiazole rings is 1. The summed E-state index contributed by atoms with van der Waals surface area (Å²) in [6.45, 7) is 4.77. The van der Waals surface area contributed by atoms with Crippen molar-refractivity contribution in [3.05, 3.63) is 16.6 Å². The first kappa shape index (κ1) is 15.4. The van der Waals surface area contributed by atoms with Crippen LogP contribution in [0.25, 0.3) is 0 Å². The molecule has 0 bridgehead atoms. The van der Waals surface area contributed by atoms with Crippen LogP contribution in [0.3, 0.4) is 0 Å². The van der Waals surface area contributed by atoms with E-state index in [0.717, 1.165) is 45.7 Å². The second kappa shape index (κ2) is 7.15. The van der Waals surface area contributed by atoms with Crippen molar-refractivity contribution in [3.8, 4) is 0 Å². The van der Waals surface area contributed by atoms with E-state index in [-0.39, 0.29) is 11.6 Å². The number of aromatic nitrogens is 1. The number of β-amino-alcohol motifs (C(OH)–C–C–N with tert-alkyl or cyclic N) is 1. The molecule has 2 N–H and O–H groups in total. The van der Waals surface area contributed by atoms with E-state index in [4.69, 9.17) is 4.74 Å². The number of hydrogen-bond acceptors (Lipinski definition) is 6. The Bertz CT molecular complexity index is 415. The van der Waals surface area contributed by atoms with Gasteiger partial charge in [-0.2, -0.15) is 0 Å². The smallest absolute Gasteiger partial charge is 0.113 e. The van der Waals surface area contributed by atoms with Crippen LogP contribution in [-0.2, 0) is 10.3 Å². The van der Waals surface area contributed by atoms with Crippen LogP contribution in [0.5, 0.6) is 0 Å². The molecule has 118 valence electrons. The summed E-state index contributed by atoms with van der Waals surface area (Å²) >= 11 is 1.72. The highest BCUT2D eigenvalue weighted by molar-refractivity contribution is 7.09. The number of aliphatic hydroxyl groups excluding tert-OH is 1. The molecule has 1 aromatic heterocycles. The number of aliphatic hydroxyl groups is 1. The second-order valence-corrected chi connectivity index (χ2v) is 6.97. The summed E-state index contributed by atoms with van der Waals surface area (Å²) in [5.74, 6) is 0. The van der Waals surface area contributed by atoms with Crippen molar-refractivity contribution in [2.75, 3.05) is 39.4 Å². The lowest BCUT2D eigenvalue weighted by molar-refractivity contribution is 0.0133. The van der Waals surface area contributed by atoms with Crippen molar-refractivity contribution in [1.82, 2.24) is 15.2 Å². The second-order valence-electron chi connectivity index (χ2n) is 6.07. The van der Waals surface area contributed by atoms with Crippen LogP contribution >= 0.6 is 11.3 Å². The maximum absolute atomic E-state index is 10.3. The quantitative estimate of drug-likeness (QED) is 0.827. The van der Waals surface area contributed by atoms with E-state index in [9.17, 15) is 5.11 Å². The summed E-state index contributed by atoms with van der Waals surface area (Å²) in [7, 11) is 0. The SMILES string of the molecule is OC(CNC1(c2nccs2)CCCC1)CN1CCOCC1. The third-order valence-electron chi connectivity index (χ3n) is 4.55. The summed E-state index contributed by atoms with van der Waals surface area (Å²) in [6, 6.07) is 0. The Morgan fingerprint density at radius 2 is 2.14 bits per heavy atom. The first-order chi connectivity index (χ1) is 10.3. The third kappa shape index (κ3) is 3.81. The minimum Gasteiger partial charge on any atom is -0.390 e. The molecule has 0 aromatic carbocycles. The van der Waals surface area contributed by atoms with Crippen LogP contribution in [0.1, 0.15) is 30.7 Å². The third-order valence-corrected chi connectivity index (χ3v) is 5.52. The maximum atomic E-state index is 10.3. The molecule has 3 rings (SSSR count). The molecule has 1 aliphatic carbocycles. The molecule has 1 atom stereocenters. The Balaban J connectivity index is 1.52. The fourth-order valence-electron chi connectivity index (χ4n) is 3.36. The van der Waals surface area contributed by atoms with Crippen molar-refractivity contribution in [2.45, 2.75) is 37.3 Å². The number of hydrogen-bond donors (Lipinski definition) is 2. The lowest BCUT2D eigenvalue weighted by Gasteiger charge is -2.32. The molecule has 1 saturated carbocycles. The molecule has 2 aliphatic rings. The van der Waals surface area contributed by atoms with Gasteiger partial charge >= 0.3 is 0 Å². The summed E-state index contributed by atoms with van der Waals surface area (Å²) in [5.41, 5.74) is 0.000155. The van der Waals surface area contributed by atoms with Crippen LogP contribution in [0, 0.1) is 0 Å². The molecular formula is C15H25N3O2S. The summed E-state index contributed by atoms with van der Waals surface area (Å²) in [6.07, 6.45) is 6.29. The van der Waals surface area contributed by atoms with Crippen LogP contribution in [0.2, 0.25) is 0 Å². The highest BCUT2D eigenvalue weighted by Gasteiger charge is 2.37. The van der Waals surface area contributed by atoms with Gasteiger partial charge in [0.1, 0.15) is 5.01 Å². The summed E-state index contributed by atoms with van der Waals surface area (Å²) in [5, 5.41) is 17.2. The average molecular weight is 311 g/mol. The molecule has 0 spiro atoms. The topological polar surface area (TPSA) is 57.6 Å². The Morgan fingerprint density at radius 1 is 1.38 bits per heavy atom. The van der Waals surface area contributed by atoms with Gasteiger partial charge in [0.05, 0.1) is 24.9 Å². The minimum absolute atomic E-state index is 0.000155. The highest BCUT2D eigenvalue weighted by atomic mass is 32.1. The van der Waals surface area contributed by atoms with E-state index in [1.54, 1.807) is 11.3 Å². The van der Waals surface area contributed by atoms with Crippen molar-refractivity contribution in [3.63, 3.8) is 0 Å². The predicted octanol–water partition coefficient (Wildman–Crippen LogP) is 1.20. The predicted molar refractivity (Wildman–Crippen MR) is 83.5 cm³/mol. The lowest BCUT2D eigenvalue weighted by Crippen LogP contribution is -2.48. The van der Waals surface area contributed by atoms with E-state index in [1.165, 1.54) is 17.8 Å². The molecular weight excluding hydrogens is 286 g/mol. The molecule has 0 amide bonds. The Hall–Kier alpha value is -0.530. The van der Waals surface area contributed by atoms with Gasteiger partial charge in [-0.15, -0.1) is 11.3 Å². The molecule has 1 aliphatic heterocycles. The summed E-state index contributed by atoms with van der Waals surface area (Å²) in [4.78, 5) is 6.79. The van der Waals surface area contributed by atoms with E-state index < -0.39 is 0 Å². The van der Waals surface area contributed by atoms with Crippen molar-refractivity contribution in [2.24, 2.45) is 0 Å². The molecule has 5 nitrogen and oxygen atoms in total. The molecule has 1 aromatic rings. The normalized spacial score (nSPS) is 24.2. The Morgan fingerprint density at radius 3 is 2.81 bits per heavy atom. The van der Waals surface area contributed by atoms with Crippen molar-refractivity contribution >= 4 is 11.3 Å². The van der Waals surface area contributed by atoms with Gasteiger partial charge < -0.3 is 15.2 Å². The van der Waals surface area contributed by atoms with Gasteiger partial charge in [0.2, 0.25) is 0 Å². The molecule has 2 fully saturated rings. The Labute approximate surface area is 130 Å². The number of nitrogens with one attached hydrogen (secondary N) is 1. The monoisotopic (exact) mass is 311 g/mol. The average Bonchev–Trinajstić information content (AvgIpc) is 3.18. The zero-order valence-corrected chi connectivity index (χ0v) is 13.3. The van der Waals surface area contributed by atoms with Crippen LogP contribution in [0.4, 0.5) is 0 Å². The van der Waals surface area contributed by atoms with Gasteiger partial charge in [-0.25, -0.2) is 4.98 Å². The molecule has 1 unspecified atom stereocenters. The van der Waals surface area contributed by atoms with Gasteiger partial charge in [0.15, 0.2) is 0 Å². The number of nitrogens with zero attached hydrogens (tertiary/aromatic N) is 2. The molecule has 6 heteroatoms. The minimum atomic E-state index is -0.333. The Kier molecular flexibility index (Phi) is 5.24. The van der Waals surface area contributed by atoms with Gasteiger partial charge in [-0.05, 0) is 12.8 Å². The van der Waals surface area contributed by atoms with E-state index >= 15 is 0 Å². The zero-order valence-electron chi connectivity index (χ0n) is 12.5. The maximum Gasteiger partial charge on any atom is 0.113 e. The van der Waals surface area contributed by atoms with Crippen LogP contribution in [0.15, 0.2) is 11.6 Å². The summed E-state index contributed by atoms with van der Waals surface area (Å²) < 4.78 is 5.34. The standard InChI is InChI=1S/C15H25N3O2S/c19-13(12-18-6-8-20-9-7-18)11-17-15(3-1-2-4-15)14-16-5-10-21-14/h5,10,13,17,19H,1-4,6-9,11-12H2. The van der Waals surface area contributed by atoms with Crippen LogP contribution < -0.4 is 5.32 Å². The first-order valence-corrected chi connectivity index (χ1v) is 8.80. The van der Waals surface area contributed by atoms with Crippen molar-refractivity contribution in [1.29, 1.82) is 0 Å². The molecule has 1 saturated heterocycles. The van der Waals surface area contributed by atoms with Gasteiger partial charge in [0, 0.05) is 37.8 Å².